The number of ether oxygens (including phenoxy) is 2. The average molecular weight is 369 g/mol. The fraction of sp³-hybridized carbons (Fsp3) is 0.381. The van der Waals surface area contributed by atoms with Crippen molar-refractivity contribution in [3.63, 3.8) is 0 Å². The monoisotopic (exact) mass is 369 g/mol. The molecule has 1 N–H and O–H groups in total. The first kappa shape index (κ1) is 18.9. The molecule has 0 unspecified atom stereocenters. The van der Waals surface area contributed by atoms with Crippen LogP contribution < -0.4 is 19.7 Å². The maximum Gasteiger partial charge on any atom is 0.317 e. The van der Waals surface area contributed by atoms with Gasteiger partial charge in [0, 0.05) is 32.7 Å². The lowest BCUT2D eigenvalue weighted by Crippen LogP contribution is -2.52. The summed E-state index contributed by atoms with van der Waals surface area (Å²) in [4.78, 5) is 16.5. The van der Waals surface area contributed by atoms with Gasteiger partial charge >= 0.3 is 6.03 Å². The van der Waals surface area contributed by atoms with E-state index in [2.05, 4.69) is 16.3 Å². The van der Waals surface area contributed by atoms with Crippen LogP contribution in [-0.2, 0) is 0 Å². The zero-order chi connectivity index (χ0) is 18.9. The van der Waals surface area contributed by atoms with E-state index in [-0.39, 0.29) is 6.03 Å². The third-order valence-corrected chi connectivity index (χ3v) is 4.60. The van der Waals surface area contributed by atoms with E-state index in [4.69, 9.17) is 9.47 Å². The van der Waals surface area contributed by atoms with Crippen LogP contribution in [0.15, 0.2) is 54.6 Å². The second-order valence-corrected chi connectivity index (χ2v) is 6.39. The Morgan fingerprint density at radius 3 is 2.44 bits per heavy atom. The Bertz CT molecular complexity index is 716. The van der Waals surface area contributed by atoms with E-state index >= 15 is 0 Å². The van der Waals surface area contributed by atoms with Crippen molar-refractivity contribution in [3.05, 3.63) is 54.6 Å². The van der Waals surface area contributed by atoms with E-state index in [0.29, 0.717) is 26.2 Å². The molecule has 0 bridgehead atoms. The number of nitrogens with one attached hydrogen (secondary N) is 1. The highest BCUT2D eigenvalue weighted by Gasteiger charge is 2.22. The second-order valence-electron chi connectivity index (χ2n) is 6.39. The molecule has 2 amide bonds. The SMILES string of the molecule is COc1ccccc1N1CCN(C(=O)NCCCOc2ccccc2)CC1. The topological polar surface area (TPSA) is 54.0 Å². The van der Waals surface area contributed by atoms with Gasteiger partial charge in [0.2, 0.25) is 0 Å². The molecular formula is C21H27N3O3. The third-order valence-electron chi connectivity index (χ3n) is 4.60. The van der Waals surface area contributed by atoms with Crippen LogP contribution in [0.2, 0.25) is 0 Å². The Kier molecular flexibility index (Phi) is 6.79. The lowest BCUT2D eigenvalue weighted by Gasteiger charge is -2.36. The summed E-state index contributed by atoms with van der Waals surface area (Å²) < 4.78 is 11.1. The molecule has 6 heteroatoms. The van der Waals surface area contributed by atoms with Crippen LogP contribution in [0.1, 0.15) is 6.42 Å². The van der Waals surface area contributed by atoms with Crippen LogP contribution in [0.5, 0.6) is 11.5 Å². The highest BCUT2D eigenvalue weighted by atomic mass is 16.5. The van der Waals surface area contributed by atoms with Crippen molar-refractivity contribution in [3.8, 4) is 11.5 Å². The van der Waals surface area contributed by atoms with Gasteiger partial charge < -0.3 is 24.6 Å². The Balaban J connectivity index is 1.36. The van der Waals surface area contributed by atoms with Gasteiger partial charge in [0.05, 0.1) is 19.4 Å². The number of benzene rings is 2. The molecule has 0 aliphatic carbocycles. The molecule has 2 aromatic carbocycles. The molecule has 1 aliphatic rings. The standard InChI is InChI=1S/C21H27N3O3/c1-26-20-11-6-5-10-19(20)23-13-15-24(16-14-23)21(25)22-12-7-17-27-18-8-3-2-4-9-18/h2-6,8-11H,7,12-17H2,1H3,(H,22,25). The van der Waals surface area contributed by atoms with Crippen molar-refractivity contribution in [2.75, 3.05) is 51.3 Å². The van der Waals surface area contributed by atoms with Crippen molar-refractivity contribution >= 4 is 11.7 Å². The summed E-state index contributed by atoms with van der Waals surface area (Å²) in [6.07, 6.45) is 0.780. The van der Waals surface area contributed by atoms with Gasteiger partial charge in [-0.15, -0.1) is 0 Å². The molecule has 27 heavy (non-hydrogen) atoms. The number of para-hydroxylation sites is 3. The number of amides is 2. The normalized spacial score (nSPS) is 14.0. The molecule has 0 spiro atoms. The number of carbonyl (C=O) groups is 1. The van der Waals surface area contributed by atoms with Gasteiger partial charge in [0.25, 0.3) is 0 Å². The zero-order valence-electron chi connectivity index (χ0n) is 15.8. The number of urea groups is 1. The highest BCUT2D eigenvalue weighted by Crippen LogP contribution is 2.28. The Labute approximate surface area is 160 Å². The lowest BCUT2D eigenvalue weighted by molar-refractivity contribution is 0.193. The maximum atomic E-state index is 12.3. The fourth-order valence-electron chi connectivity index (χ4n) is 3.13. The van der Waals surface area contributed by atoms with Gasteiger partial charge in [-0.3, -0.25) is 0 Å². The molecule has 2 aromatic rings. The van der Waals surface area contributed by atoms with Crippen molar-refractivity contribution in [1.82, 2.24) is 10.2 Å². The van der Waals surface area contributed by atoms with E-state index in [1.807, 2.05) is 53.4 Å². The molecule has 1 fully saturated rings. The van der Waals surface area contributed by atoms with E-state index in [1.54, 1.807) is 7.11 Å². The number of carbonyl (C=O) groups excluding carboxylic acids is 1. The Morgan fingerprint density at radius 2 is 1.70 bits per heavy atom. The molecular weight excluding hydrogens is 342 g/mol. The van der Waals surface area contributed by atoms with Crippen LogP contribution in [-0.4, -0.2) is 57.4 Å². The number of hydrogen-bond acceptors (Lipinski definition) is 4. The number of methoxy groups -OCH3 is 1. The van der Waals surface area contributed by atoms with Gasteiger partial charge in [0.1, 0.15) is 11.5 Å². The quantitative estimate of drug-likeness (QED) is 0.763. The van der Waals surface area contributed by atoms with Gasteiger partial charge in [-0.2, -0.15) is 0 Å². The molecule has 0 aromatic heterocycles. The predicted molar refractivity (Wildman–Crippen MR) is 107 cm³/mol. The van der Waals surface area contributed by atoms with Crippen LogP contribution in [0.25, 0.3) is 0 Å². The molecule has 0 radical (unpaired) electrons. The predicted octanol–water partition coefficient (Wildman–Crippen LogP) is 3.00. The maximum absolute atomic E-state index is 12.3. The molecule has 6 nitrogen and oxygen atoms in total. The summed E-state index contributed by atoms with van der Waals surface area (Å²) in [6, 6.07) is 17.7. The summed E-state index contributed by atoms with van der Waals surface area (Å²) >= 11 is 0. The van der Waals surface area contributed by atoms with E-state index in [1.165, 1.54) is 0 Å². The van der Waals surface area contributed by atoms with E-state index < -0.39 is 0 Å². The highest BCUT2D eigenvalue weighted by molar-refractivity contribution is 5.74. The molecule has 1 aliphatic heterocycles. The van der Waals surface area contributed by atoms with Crippen LogP contribution >= 0.6 is 0 Å². The molecule has 144 valence electrons. The molecule has 1 heterocycles. The lowest BCUT2D eigenvalue weighted by atomic mass is 10.2. The van der Waals surface area contributed by atoms with E-state index in [9.17, 15) is 4.79 Å². The van der Waals surface area contributed by atoms with Crippen LogP contribution in [0.3, 0.4) is 0 Å². The molecule has 0 saturated carbocycles. The summed E-state index contributed by atoms with van der Waals surface area (Å²) in [5, 5.41) is 2.98. The number of anilines is 1. The number of rotatable bonds is 7. The average Bonchev–Trinajstić information content (AvgIpc) is 2.74. The summed E-state index contributed by atoms with van der Waals surface area (Å²) in [5.74, 6) is 1.73. The van der Waals surface area contributed by atoms with E-state index in [0.717, 1.165) is 36.7 Å². The van der Waals surface area contributed by atoms with Crippen molar-refractivity contribution in [1.29, 1.82) is 0 Å². The van der Waals surface area contributed by atoms with Gasteiger partial charge in [-0.1, -0.05) is 30.3 Å². The number of hydrogen-bond donors (Lipinski definition) is 1. The van der Waals surface area contributed by atoms with Crippen molar-refractivity contribution < 1.29 is 14.3 Å². The Hall–Kier alpha value is -2.89. The first-order valence-corrected chi connectivity index (χ1v) is 9.36. The zero-order valence-corrected chi connectivity index (χ0v) is 15.8. The van der Waals surface area contributed by atoms with Gasteiger partial charge in [0.15, 0.2) is 0 Å². The fourth-order valence-corrected chi connectivity index (χ4v) is 3.13. The summed E-state index contributed by atoms with van der Waals surface area (Å²) in [7, 11) is 1.68. The first-order chi connectivity index (χ1) is 13.3. The minimum atomic E-state index is -0.00520. The number of nitrogens with zero attached hydrogens (tertiary/aromatic N) is 2. The van der Waals surface area contributed by atoms with Crippen molar-refractivity contribution in [2.45, 2.75) is 6.42 Å². The minimum absolute atomic E-state index is 0.00520. The molecule has 0 atom stereocenters. The molecule has 3 rings (SSSR count). The van der Waals surface area contributed by atoms with Gasteiger partial charge in [-0.05, 0) is 30.7 Å². The minimum Gasteiger partial charge on any atom is -0.495 e. The number of piperazine rings is 1. The largest absolute Gasteiger partial charge is 0.495 e. The smallest absolute Gasteiger partial charge is 0.317 e. The third kappa shape index (κ3) is 5.29. The first-order valence-electron chi connectivity index (χ1n) is 9.36. The second kappa shape index (κ2) is 9.71. The Morgan fingerprint density at radius 1 is 1.00 bits per heavy atom. The summed E-state index contributed by atoms with van der Waals surface area (Å²) in [5.41, 5.74) is 1.08. The molecule has 1 saturated heterocycles. The van der Waals surface area contributed by atoms with Crippen LogP contribution in [0.4, 0.5) is 10.5 Å². The van der Waals surface area contributed by atoms with Crippen LogP contribution in [0, 0.1) is 0 Å². The summed E-state index contributed by atoms with van der Waals surface area (Å²) in [6.45, 7) is 4.19. The van der Waals surface area contributed by atoms with Gasteiger partial charge in [-0.25, -0.2) is 4.79 Å². The van der Waals surface area contributed by atoms with Crippen molar-refractivity contribution in [2.24, 2.45) is 0 Å².